The number of fused-ring (bicyclic) bond motifs is 1. The van der Waals surface area contributed by atoms with Crippen molar-refractivity contribution in [1.82, 2.24) is 25.6 Å². The van der Waals surface area contributed by atoms with Gasteiger partial charge in [0.2, 0.25) is 0 Å². The molecule has 8 nitrogen and oxygen atoms in total. The molecule has 126 valence electrons. The average Bonchev–Trinajstić information content (AvgIpc) is 3.16. The first-order valence-corrected chi connectivity index (χ1v) is 8.08. The summed E-state index contributed by atoms with van der Waals surface area (Å²) in [6.45, 7) is 0. The summed E-state index contributed by atoms with van der Waals surface area (Å²) in [7, 11) is 0. The number of nitrogens with zero attached hydrogens (tertiary/aromatic N) is 4. The number of hydrogen-bond acceptors (Lipinski definition) is 6. The van der Waals surface area contributed by atoms with Crippen molar-refractivity contribution in [2.75, 3.05) is 5.32 Å². The lowest BCUT2D eigenvalue weighted by Gasteiger charge is -2.15. The summed E-state index contributed by atoms with van der Waals surface area (Å²) in [6.07, 6.45) is 5.96. The molecule has 1 aliphatic rings. The van der Waals surface area contributed by atoms with Crippen molar-refractivity contribution in [2.24, 2.45) is 0 Å². The molecule has 0 bridgehead atoms. The van der Waals surface area contributed by atoms with Crippen molar-refractivity contribution >= 4 is 11.6 Å². The van der Waals surface area contributed by atoms with Crippen LogP contribution in [0.2, 0.25) is 0 Å². The zero-order chi connectivity index (χ0) is 17.1. The molecule has 0 atom stereocenters. The van der Waals surface area contributed by atoms with Crippen LogP contribution in [0.4, 0.5) is 5.69 Å². The molecule has 2 aromatic heterocycles. The summed E-state index contributed by atoms with van der Waals surface area (Å²) >= 11 is 0. The number of tetrazole rings is 1. The SMILES string of the molecule is O=C(Nc1ccc(Oc2nn[nH]n2)cc1)c1cnc2c(c1)CCCC2. The summed E-state index contributed by atoms with van der Waals surface area (Å²) in [5.74, 6) is 0.377. The number of aromatic nitrogens is 5. The number of benzene rings is 1. The smallest absolute Gasteiger partial charge is 0.361 e. The van der Waals surface area contributed by atoms with E-state index in [2.05, 4.69) is 30.9 Å². The molecule has 4 rings (SSSR count). The van der Waals surface area contributed by atoms with Gasteiger partial charge in [0, 0.05) is 17.6 Å². The van der Waals surface area contributed by atoms with E-state index in [4.69, 9.17) is 4.74 Å². The van der Waals surface area contributed by atoms with E-state index < -0.39 is 0 Å². The van der Waals surface area contributed by atoms with Gasteiger partial charge in [0.15, 0.2) is 0 Å². The first-order chi connectivity index (χ1) is 12.3. The Morgan fingerprint density at radius 1 is 1.16 bits per heavy atom. The monoisotopic (exact) mass is 336 g/mol. The zero-order valence-electron chi connectivity index (χ0n) is 13.4. The Labute approximate surface area is 143 Å². The fourth-order valence-electron chi connectivity index (χ4n) is 2.82. The number of hydrogen-bond donors (Lipinski definition) is 2. The topological polar surface area (TPSA) is 106 Å². The van der Waals surface area contributed by atoms with Crippen LogP contribution >= 0.6 is 0 Å². The minimum Gasteiger partial charge on any atom is -0.422 e. The van der Waals surface area contributed by atoms with Crippen molar-refractivity contribution < 1.29 is 9.53 Å². The minimum atomic E-state index is -0.173. The van der Waals surface area contributed by atoms with E-state index in [1.165, 1.54) is 12.0 Å². The number of ether oxygens (including phenoxy) is 1. The second-order valence-electron chi connectivity index (χ2n) is 5.81. The molecule has 1 aliphatic carbocycles. The number of aryl methyl sites for hydroxylation is 2. The van der Waals surface area contributed by atoms with Gasteiger partial charge >= 0.3 is 6.01 Å². The van der Waals surface area contributed by atoms with Crippen LogP contribution in [0, 0.1) is 0 Å². The number of anilines is 1. The third-order valence-corrected chi connectivity index (χ3v) is 4.08. The van der Waals surface area contributed by atoms with Gasteiger partial charge < -0.3 is 10.1 Å². The molecule has 0 radical (unpaired) electrons. The normalized spacial score (nSPS) is 13.1. The summed E-state index contributed by atoms with van der Waals surface area (Å²) in [6, 6.07) is 9.02. The van der Waals surface area contributed by atoms with E-state index in [1.54, 1.807) is 30.5 Å². The van der Waals surface area contributed by atoms with Crippen LogP contribution in [0.1, 0.15) is 34.5 Å². The molecular formula is C17H16N6O2. The maximum atomic E-state index is 12.4. The largest absolute Gasteiger partial charge is 0.422 e. The standard InChI is InChI=1S/C17H16N6O2/c24-16(12-9-11-3-1-2-4-15(11)18-10-12)19-13-5-7-14(8-6-13)25-17-20-22-23-21-17/h5-10H,1-4H2,(H,19,24)(H,20,21,22,23). The fourth-order valence-corrected chi connectivity index (χ4v) is 2.82. The van der Waals surface area contributed by atoms with Gasteiger partial charge in [-0.2, -0.15) is 5.21 Å². The molecule has 0 fully saturated rings. The molecular weight excluding hydrogens is 320 g/mol. The van der Waals surface area contributed by atoms with Crippen molar-refractivity contribution in [2.45, 2.75) is 25.7 Å². The molecule has 2 N–H and O–H groups in total. The minimum absolute atomic E-state index is 0.136. The maximum absolute atomic E-state index is 12.4. The van der Waals surface area contributed by atoms with Gasteiger partial charge in [-0.15, -0.1) is 0 Å². The van der Waals surface area contributed by atoms with Gasteiger partial charge in [-0.1, -0.05) is 10.2 Å². The lowest BCUT2D eigenvalue weighted by atomic mass is 9.95. The quantitative estimate of drug-likeness (QED) is 0.758. The molecule has 0 aliphatic heterocycles. The van der Waals surface area contributed by atoms with E-state index in [0.29, 0.717) is 17.0 Å². The van der Waals surface area contributed by atoms with Crippen molar-refractivity contribution in [3.63, 3.8) is 0 Å². The Morgan fingerprint density at radius 2 is 2.00 bits per heavy atom. The van der Waals surface area contributed by atoms with Gasteiger partial charge in [0.05, 0.1) is 5.56 Å². The van der Waals surface area contributed by atoms with Gasteiger partial charge in [-0.3, -0.25) is 9.78 Å². The number of amides is 1. The molecule has 0 saturated carbocycles. The Kier molecular flexibility index (Phi) is 4.07. The van der Waals surface area contributed by atoms with Crippen LogP contribution in [-0.4, -0.2) is 31.5 Å². The van der Waals surface area contributed by atoms with Crippen LogP contribution in [0.15, 0.2) is 36.5 Å². The molecule has 3 aromatic rings. The molecule has 1 amide bonds. The molecule has 0 saturated heterocycles. The van der Waals surface area contributed by atoms with Crippen molar-refractivity contribution in [3.8, 4) is 11.8 Å². The summed E-state index contributed by atoms with van der Waals surface area (Å²) < 4.78 is 5.39. The number of carbonyl (C=O) groups excluding carboxylic acids is 1. The predicted molar refractivity (Wildman–Crippen MR) is 89.5 cm³/mol. The maximum Gasteiger partial charge on any atom is 0.361 e. The van der Waals surface area contributed by atoms with Crippen LogP contribution in [0.25, 0.3) is 0 Å². The van der Waals surface area contributed by atoms with Crippen LogP contribution < -0.4 is 10.1 Å². The van der Waals surface area contributed by atoms with E-state index in [-0.39, 0.29) is 11.9 Å². The molecule has 8 heteroatoms. The Hall–Kier alpha value is -3.29. The summed E-state index contributed by atoms with van der Waals surface area (Å²) in [5, 5.41) is 16.0. The fraction of sp³-hybridized carbons (Fsp3) is 0.235. The van der Waals surface area contributed by atoms with Crippen LogP contribution in [0.5, 0.6) is 11.8 Å². The highest BCUT2D eigenvalue weighted by Gasteiger charge is 2.14. The highest BCUT2D eigenvalue weighted by molar-refractivity contribution is 6.04. The highest BCUT2D eigenvalue weighted by Crippen LogP contribution is 2.22. The zero-order valence-corrected chi connectivity index (χ0v) is 13.4. The summed E-state index contributed by atoms with van der Waals surface area (Å²) in [5.41, 5.74) is 3.55. The average molecular weight is 336 g/mol. The van der Waals surface area contributed by atoms with Crippen molar-refractivity contribution in [1.29, 1.82) is 0 Å². The Morgan fingerprint density at radius 3 is 2.80 bits per heavy atom. The van der Waals surface area contributed by atoms with Gasteiger partial charge in [-0.05, 0) is 66.8 Å². The molecule has 1 aromatic carbocycles. The first-order valence-electron chi connectivity index (χ1n) is 8.08. The number of H-pyrrole nitrogens is 1. The number of pyridine rings is 1. The number of aromatic amines is 1. The number of nitrogens with one attached hydrogen (secondary N) is 2. The second kappa shape index (κ2) is 6.68. The molecule has 0 unspecified atom stereocenters. The predicted octanol–water partition coefficient (Wildman–Crippen LogP) is 2.52. The van der Waals surface area contributed by atoms with E-state index in [9.17, 15) is 4.79 Å². The van der Waals surface area contributed by atoms with Crippen LogP contribution in [-0.2, 0) is 12.8 Å². The van der Waals surface area contributed by atoms with Crippen LogP contribution in [0.3, 0.4) is 0 Å². The first kappa shape index (κ1) is 15.3. The van der Waals surface area contributed by atoms with Crippen molar-refractivity contribution in [3.05, 3.63) is 53.3 Å². The highest BCUT2D eigenvalue weighted by atomic mass is 16.5. The number of carbonyl (C=O) groups is 1. The van der Waals surface area contributed by atoms with Gasteiger partial charge in [0.25, 0.3) is 5.91 Å². The summed E-state index contributed by atoms with van der Waals surface area (Å²) in [4.78, 5) is 16.9. The third-order valence-electron chi connectivity index (χ3n) is 4.08. The third kappa shape index (κ3) is 3.47. The van der Waals surface area contributed by atoms with E-state index in [0.717, 1.165) is 25.0 Å². The van der Waals surface area contributed by atoms with Gasteiger partial charge in [-0.25, -0.2) is 0 Å². The number of rotatable bonds is 4. The molecule has 25 heavy (non-hydrogen) atoms. The Bertz CT molecular complexity index is 877. The molecule has 0 spiro atoms. The lowest BCUT2D eigenvalue weighted by Crippen LogP contribution is -2.14. The van der Waals surface area contributed by atoms with E-state index >= 15 is 0 Å². The van der Waals surface area contributed by atoms with Gasteiger partial charge in [0.1, 0.15) is 5.75 Å². The second-order valence-corrected chi connectivity index (χ2v) is 5.81. The Balaban J connectivity index is 1.43. The van der Waals surface area contributed by atoms with E-state index in [1.807, 2.05) is 6.07 Å². The molecule has 2 heterocycles. The lowest BCUT2D eigenvalue weighted by molar-refractivity contribution is 0.102.